The van der Waals surface area contributed by atoms with E-state index in [0.29, 0.717) is 31.5 Å². The van der Waals surface area contributed by atoms with Gasteiger partial charge < -0.3 is 42.2 Å². The maximum absolute atomic E-state index is 15.0. The first kappa shape index (κ1) is 42.5. The molecule has 52 heavy (non-hydrogen) atoms. The van der Waals surface area contributed by atoms with Crippen LogP contribution < -0.4 is 27.4 Å². The van der Waals surface area contributed by atoms with Gasteiger partial charge in [0.15, 0.2) is 0 Å². The van der Waals surface area contributed by atoms with E-state index in [0.717, 1.165) is 36.7 Å². The number of hydrogen-bond acceptors (Lipinski definition) is 8. The minimum atomic E-state index is -1.33. The van der Waals surface area contributed by atoms with Crippen LogP contribution in [0.15, 0.2) is 54.8 Å². The molecule has 0 spiro atoms. The molecule has 1 aliphatic carbocycles. The Bertz CT molecular complexity index is 1540. The van der Waals surface area contributed by atoms with E-state index in [4.69, 9.17) is 11.5 Å². The second-order valence-electron chi connectivity index (χ2n) is 14.4. The maximum Gasteiger partial charge on any atom is 0.242 e. The zero-order chi connectivity index (χ0) is 38.4. The number of allylic oxidation sites excluding steroid dienone is 4. The van der Waals surface area contributed by atoms with E-state index in [1.165, 1.54) is 6.92 Å². The Labute approximate surface area is 305 Å². The molecule has 288 valence electrons. The quantitative estimate of drug-likeness (QED) is 0.0801. The van der Waals surface area contributed by atoms with Crippen molar-refractivity contribution in [2.24, 2.45) is 22.8 Å². The minimum Gasteiger partial charge on any atom is -0.392 e. The number of benzene rings is 1. The van der Waals surface area contributed by atoms with E-state index < -0.39 is 53.9 Å². The number of nitrogens with two attached hydrogens (primary N) is 2. The molecule has 14 heteroatoms. The topological polar surface area (TPSA) is 188 Å². The number of nitrogens with one attached hydrogen (secondary N) is 3. The van der Waals surface area contributed by atoms with Crippen LogP contribution in [0.3, 0.4) is 0 Å². The van der Waals surface area contributed by atoms with Gasteiger partial charge in [0, 0.05) is 56.1 Å². The summed E-state index contributed by atoms with van der Waals surface area (Å²) in [5, 5.41) is 29.5. The predicted octanol–water partition coefficient (Wildman–Crippen LogP) is 2.85. The summed E-state index contributed by atoms with van der Waals surface area (Å²) in [7, 11) is 0. The molecule has 9 N–H and O–H groups in total. The zero-order valence-electron chi connectivity index (χ0n) is 30.8. The van der Waals surface area contributed by atoms with Gasteiger partial charge in [-0.15, -0.1) is 0 Å². The highest BCUT2D eigenvalue weighted by molar-refractivity contribution is 5.87. The SMILES string of the molecule is CC(=O)N[C@@H](CCCCN)C(=O)NCCNC(=O)[C@@H](N)CCN(C(O)CO)[C@@H](c1cc(-c2cc(F)ccc2F)cn1CC1C=CC=CC1)C(C)(C)C. The lowest BCUT2D eigenvalue weighted by atomic mass is 9.82. The van der Waals surface area contributed by atoms with Crippen molar-refractivity contribution in [3.63, 3.8) is 0 Å². The fourth-order valence-corrected chi connectivity index (χ4v) is 6.52. The largest absolute Gasteiger partial charge is 0.392 e. The number of carbonyl (C=O) groups excluding carboxylic acids is 3. The van der Waals surface area contributed by atoms with Crippen molar-refractivity contribution in [1.29, 1.82) is 0 Å². The second-order valence-corrected chi connectivity index (χ2v) is 14.4. The van der Waals surface area contributed by atoms with E-state index in [1.807, 2.05) is 37.5 Å². The number of rotatable bonds is 20. The Hall–Kier alpha value is -3.95. The highest BCUT2D eigenvalue weighted by Gasteiger charge is 2.38. The Balaban J connectivity index is 1.78. The number of hydrogen-bond donors (Lipinski definition) is 7. The molecule has 3 amide bonds. The Kier molecular flexibility index (Phi) is 16.6. The second kappa shape index (κ2) is 20.3. The lowest BCUT2D eigenvalue weighted by Crippen LogP contribution is -2.50. The van der Waals surface area contributed by atoms with Crippen LogP contribution in [0.2, 0.25) is 0 Å². The number of halogens is 2. The molecular weight excluding hydrogens is 672 g/mol. The smallest absolute Gasteiger partial charge is 0.242 e. The van der Waals surface area contributed by atoms with Crippen molar-refractivity contribution in [2.45, 2.75) is 90.7 Å². The first-order valence-electron chi connectivity index (χ1n) is 18.0. The van der Waals surface area contributed by atoms with Gasteiger partial charge in [-0.2, -0.15) is 0 Å². The fourth-order valence-electron chi connectivity index (χ4n) is 6.52. The van der Waals surface area contributed by atoms with Crippen LogP contribution in [0.5, 0.6) is 0 Å². The third kappa shape index (κ3) is 12.6. The molecule has 0 radical (unpaired) electrons. The number of unbranched alkanes of at least 4 members (excludes halogenated alkanes) is 1. The normalized spacial score (nSPS) is 16.7. The standard InChI is InChI=1S/C38H57F2N7O5/c1-25(49)45-32(12-8-9-16-41)37(52)44-18-17-43-36(51)31(42)15-19-47(34(50)24-48)35(38(2,3)4)33-20-27(29-21-28(39)13-14-30(29)40)23-46(33)22-26-10-6-5-7-11-26/h5-7,10,13-14,20-21,23,26,31-32,34-35,48,50H,8-9,11-12,15-19,22,24,41-42H2,1-4H3,(H,43,51)(H,44,52)(H,45,49)/t26?,31-,32-,34?,35-/m0/s1. The van der Waals surface area contributed by atoms with Crippen molar-refractivity contribution in [2.75, 3.05) is 32.8 Å². The summed E-state index contributed by atoms with van der Waals surface area (Å²) in [4.78, 5) is 38.9. The van der Waals surface area contributed by atoms with Crippen LogP contribution in [-0.2, 0) is 20.9 Å². The van der Waals surface area contributed by atoms with Gasteiger partial charge in [-0.05, 0) is 74.2 Å². The van der Waals surface area contributed by atoms with Gasteiger partial charge in [0.25, 0.3) is 0 Å². The van der Waals surface area contributed by atoms with Gasteiger partial charge in [0.05, 0.1) is 18.7 Å². The number of carbonyl (C=O) groups is 3. The van der Waals surface area contributed by atoms with E-state index in [-0.39, 0.29) is 49.4 Å². The Morgan fingerprint density at radius 1 is 1.06 bits per heavy atom. The first-order valence-corrected chi connectivity index (χ1v) is 18.0. The van der Waals surface area contributed by atoms with Crippen LogP contribution in [-0.4, -0.2) is 88.5 Å². The fraction of sp³-hybridized carbons (Fsp3) is 0.553. The van der Waals surface area contributed by atoms with E-state index in [9.17, 15) is 29.0 Å². The molecule has 0 saturated heterocycles. The minimum absolute atomic E-state index is 0.0964. The van der Waals surface area contributed by atoms with Gasteiger partial charge in [-0.1, -0.05) is 45.1 Å². The van der Waals surface area contributed by atoms with Gasteiger partial charge >= 0.3 is 0 Å². The monoisotopic (exact) mass is 729 g/mol. The molecule has 2 aromatic rings. The number of aliphatic hydroxyl groups excluding tert-OH is 2. The summed E-state index contributed by atoms with van der Waals surface area (Å²) in [6, 6.07) is 2.85. The number of aromatic nitrogens is 1. The zero-order valence-corrected chi connectivity index (χ0v) is 30.8. The molecule has 0 saturated carbocycles. The van der Waals surface area contributed by atoms with Gasteiger partial charge in [-0.3, -0.25) is 19.3 Å². The average Bonchev–Trinajstić information content (AvgIpc) is 3.50. The maximum atomic E-state index is 15.0. The van der Waals surface area contributed by atoms with Crippen molar-refractivity contribution < 1.29 is 33.4 Å². The molecule has 1 aliphatic rings. The summed E-state index contributed by atoms with van der Waals surface area (Å²) < 4.78 is 31.3. The molecule has 1 heterocycles. The van der Waals surface area contributed by atoms with Gasteiger partial charge in [-0.25, -0.2) is 8.78 Å². The van der Waals surface area contributed by atoms with Crippen LogP contribution in [0.4, 0.5) is 8.78 Å². The van der Waals surface area contributed by atoms with E-state index in [1.54, 1.807) is 17.2 Å². The molecule has 5 atom stereocenters. The number of aliphatic hydroxyl groups is 2. The van der Waals surface area contributed by atoms with Crippen molar-refractivity contribution in [1.82, 2.24) is 25.4 Å². The average molecular weight is 730 g/mol. The van der Waals surface area contributed by atoms with Gasteiger partial charge in [0.2, 0.25) is 17.7 Å². The van der Waals surface area contributed by atoms with Crippen LogP contribution in [0.1, 0.15) is 71.5 Å². The molecule has 12 nitrogen and oxygen atoms in total. The highest BCUT2D eigenvalue weighted by Crippen LogP contribution is 2.42. The van der Waals surface area contributed by atoms with Gasteiger partial charge in [0.1, 0.15) is 23.9 Å². The summed E-state index contributed by atoms with van der Waals surface area (Å²) in [5.41, 5.74) is 12.6. The number of nitrogens with zero attached hydrogens (tertiary/aromatic N) is 2. The lowest BCUT2D eigenvalue weighted by Gasteiger charge is -2.43. The highest BCUT2D eigenvalue weighted by atomic mass is 19.1. The van der Waals surface area contributed by atoms with Crippen LogP contribution >= 0.6 is 0 Å². The van der Waals surface area contributed by atoms with Crippen LogP contribution in [0.25, 0.3) is 11.1 Å². The molecule has 0 aliphatic heterocycles. The Morgan fingerprint density at radius 2 is 1.77 bits per heavy atom. The van der Waals surface area contributed by atoms with E-state index in [2.05, 4.69) is 28.1 Å². The molecule has 2 unspecified atom stereocenters. The molecule has 0 bridgehead atoms. The number of amides is 3. The van der Waals surface area contributed by atoms with Crippen molar-refractivity contribution >= 4 is 17.7 Å². The third-order valence-electron chi connectivity index (χ3n) is 9.05. The third-order valence-corrected chi connectivity index (χ3v) is 9.05. The molecule has 1 aromatic carbocycles. The summed E-state index contributed by atoms with van der Waals surface area (Å²) >= 11 is 0. The molecule has 3 rings (SSSR count). The Morgan fingerprint density at radius 3 is 2.38 bits per heavy atom. The van der Waals surface area contributed by atoms with Crippen molar-refractivity contribution in [3.8, 4) is 11.1 Å². The van der Waals surface area contributed by atoms with Crippen LogP contribution in [0, 0.1) is 23.0 Å². The van der Waals surface area contributed by atoms with E-state index >= 15 is 4.39 Å². The molecular formula is C38H57F2N7O5. The summed E-state index contributed by atoms with van der Waals surface area (Å²) in [5.74, 6) is -2.17. The lowest BCUT2D eigenvalue weighted by molar-refractivity contribution is -0.128. The molecule has 1 aromatic heterocycles. The molecule has 0 fully saturated rings. The first-order chi connectivity index (χ1) is 24.7. The van der Waals surface area contributed by atoms with Crippen molar-refractivity contribution in [3.05, 3.63) is 72.1 Å². The summed E-state index contributed by atoms with van der Waals surface area (Å²) in [6.07, 6.45) is 11.3. The summed E-state index contributed by atoms with van der Waals surface area (Å²) in [6.45, 7) is 8.01. The predicted molar refractivity (Wildman–Crippen MR) is 197 cm³/mol.